The molecule has 33 heavy (non-hydrogen) atoms. The number of piperazine rings is 1. The molecule has 0 spiro atoms. The van der Waals surface area contributed by atoms with E-state index in [-0.39, 0.29) is 12.0 Å². The number of methoxy groups -OCH3 is 1. The van der Waals surface area contributed by atoms with Crippen LogP contribution in [0.1, 0.15) is 22.8 Å². The number of carbonyl (C=O) groups excluding carboxylic acids is 1. The smallest absolute Gasteiger partial charge is 0.227 e. The minimum absolute atomic E-state index is 0.0697. The molecule has 172 valence electrons. The van der Waals surface area contributed by atoms with E-state index in [9.17, 15) is 4.79 Å². The van der Waals surface area contributed by atoms with Gasteiger partial charge in [-0.25, -0.2) is 0 Å². The summed E-state index contributed by atoms with van der Waals surface area (Å²) in [4.78, 5) is 17.0. The van der Waals surface area contributed by atoms with Crippen LogP contribution in [-0.4, -0.2) is 62.1 Å². The molecule has 0 aliphatic carbocycles. The van der Waals surface area contributed by atoms with Gasteiger partial charge in [-0.2, -0.15) is 0 Å². The predicted molar refractivity (Wildman–Crippen MR) is 130 cm³/mol. The van der Waals surface area contributed by atoms with E-state index >= 15 is 0 Å². The van der Waals surface area contributed by atoms with E-state index in [0.717, 1.165) is 55.2 Å². The minimum atomic E-state index is -0.0697. The van der Waals surface area contributed by atoms with Gasteiger partial charge < -0.3 is 14.4 Å². The van der Waals surface area contributed by atoms with Crippen LogP contribution in [0.15, 0.2) is 84.9 Å². The molecule has 0 saturated carbocycles. The number of hydrogen-bond donors (Lipinski definition) is 0. The van der Waals surface area contributed by atoms with Crippen molar-refractivity contribution < 1.29 is 14.3 Å². The molecule has 5 nitrogen and oxygen atoms in total. The van der Waals surface area contributed by atoms with Crippen LogP contribution in [0.25, 0.3) is 0 Å². The molecule has 1 amide bonds. The Morgan fingerprint density at radius 3 is 1.94 bits per heavy atom. The lowest BCUT2D eigenvalue weighted by molar-refractivity contribution is -0.132. The number of ether oxygens (including phenoxy) is 2. The van der Waals surface area contributed by atoms with Crippen LogP contribution in [0.5, 0.6) is 5.75 Å². The first kappa shape index (κ1) is 23.0. The molecule has 0 atom stereocenters. The van der Waals surface area contributed by atoms with Crippen molar-refractivity contribution in [3.63, 3.8) is 0 Å². The Morgan fingerprint density at radius 1 is 0.818 bits per heavy atom. The Morgan fingerprint density at radius 2 is 1.39 bits per heavy atom. The minimum Gasteiger partial charge on any atom is -0.497 e. The molecule has 3 aromatic carbocycles. The van der Waals surface area contributed by atoms with E-state index in [2.05, 4.69) is 53.4 Å². The van der Waals surface area contributed by atoms with Gasteiger partial charge in [-0.3, -0.25) is 9.69 Å². The van der Waals surface area contributed by atoms with Crippen LogP contribution in [0, 0.1) is 0 Å². The van der Waals surface area contributed by atoms with Crippen molar-refractivity contribution in [2.24, 2.45) is 0 Å². The third kappa shape index (κ3) is 6.44. The van der Waals surface area contributed by atoms with Gasteiger partial charge in [0, 0.05) is 32.7 Å². The van der Waals surface area contributed by atoms with Gasteiger partial charge in [0.25, 0.3) is 0 Å². The summed E-state index contributed by atoms with van der Waals surface area (Å²) < 4.78 is 11.5. The Kier molecular flexibility index (Phi) is 8.12. The van der Waals surface area contributed by atoms with Gasteiger partial charge in [0.05, 0.1) is 20.1 Å². The second-order valence-electron chi connectivity index (χ2n) is 8.32. The normalized spacial score (nSPS) is 14.4. The fraction of sp³-hybridized carbons (Fsp3) is 0.321. The number of carbonyl (C=O) groups is 1. The predicted octanol–water partition coefficient (Wildman–Crippen LogP) is 4.19. The lowest BCUT2D eigenvalue weighted by Crippen LogP contribution is -2.49. The molecular formula is C28H32N2O3. The third-order valence-corrected chi connectivity index (χ3v) is 6.14. The summed E-state index contributed by atoms with van der Waals surface area (Å²) in [5.74, 6) is 0.994. The van der Waals surface area contributed by atoms with E-state index in [4.69, 9.17) is 9.47 Å². The van der Waals surface area contributed by atoms with E-state index in [1.54, 1.807) is 7.11 Å². The third-order valence-electron chi connectivity index (χ3n) is 6.14. The number of nitrogens with zero attached hydrogens (tertiary/aromatic N) is 2. The highest BCUT2D eigenvalue weighted by Gasteiger charge is 2.22. The first-order valence-electron chi connectivity index (χ1n) is 11.6. The van der Waals surface area contributed by atoms with E-state index in [0.29, 0.717) is 13.0 Å². The zero-order valence-electron chi connectivity index (χ0n) is 19.2. The molecule has 1 fully saturated rings. The van der Waals surface area contributed by atoms with Crippen molar-refractivity contribution in [2.45, 2.75) is 12.5 Å². The second-order valence-corrected chi connectivity index (χ2v) is 8.32. The van der Waals surface area contributed by atoms with Crippen LogP contribution in [0.3, 0.4) is 0 Å². The van der Waals surface area contributed by atoms with Gasteiger partial charge in [-0.1, -0.05) is 72.8 Å². The molecule has 0 bridgehead atoms. The van der Waals surface area contributed by atoms with Crippen LogP contribution in [0.2, 0.25) is 0 Å². The molecule has 0 aromatic heterocycles. The Bertz CT molecular complexity index is 945. The lowest BCUT2D eigenvalue weighted by Gasteiger charge is -2.35. The maximum absolute atomic E-state index is 12.7. The zero-order valence-corrected chi connectivity index (χ0v) is 19.2. The Labute approximate surface area is 196 Å². The van der Waals surface area contributed by atoms with Gasteiger partial charge in [0.1, 0.15) is 11.9 Å². The molecule has 0 N–H and O–H groups in total. The number of hydrogen-bond acceptors (Lipinski definition) is 4. The van der Waals surface area contributed by atoms with Crippen molar-refractivity contribution >= 4 is 5.91 Å². The molecular weight excluding hydrogens is 412 g/mol. The summed E-state index contributed by atoms with van der Waals surface area (Å²) in [6.07, 6.45) is 0.364. The van der Waals surface area contributed by atoms with Gasteiger partial charge in [-0.05, 0) is 28.8 Å². The van der Waals surface area contributed by atoms with E-state index < -0.39 is 0 Å². The largest absolute Gasteiger partial charge is 0.497 e. The van der Waals surface area contributed by atoms with Crippen LogP contribution in [0.4, 0.5) is 0 Å². The van der Waals surface area contributed by atoms with Crippen molar-refractivity contribution in [3.05, 3.63) is 102 Å². The molecule has 0 radical (unpaired) electrons. The SMILES string of the molecule is COc1ccc(CC(=O)N2CCN(CCOC(c3ccccc3)c3ccccc3)CC2)cc1. The van der Waals surface area contributed by atoms with Crippen molar-refractivity contribution in [2.75, 3.05) is 46.4 Å². The summed E-state index contributed by atoms with van der Waals surface area (Å²) in [5, 5.41) is 0. The van der Waals surface area contributed by atoms with Crippen molar-refractivity contribution in [1.82, 2.24) is 9.80 Å². The summed E-state index contributed by atoms with van der Waals surface area (Å²) in [6.45, 7) is 4.77. The fourth-order valence-electron chi connectivity index (χ4n) is 4.19. The van der Waals surface area contributed by atoms with E-state index in [1.807, 2.05) is 41.3 Å². The average Bonchev–Trinajstić information content (AvgIpc) is 2.88. The van der Waals surface area contributed by atoms with Crippen LogP contribution >= 0.6 is 0 Å². The number of amides is 1. The average molecular weight is 445 g/mol. The Balaban J connectivity index is 1.24. The van der Waals surface area contributed by atoms with Crippen LogP contribution < -0.4 is 4.74 Å². The quantitative estimate of drug-likeness (QED) is 0.496. The van der Waals surface area contributed by atoms with E-state index in [1.165, 1.54) is 0 Å². The molecule has 3 aromatic rings. The molecule has 1 aliphatic rings. The second kappa shape index (κ2) is 11.6. The summed E-state index contributed by atoms with van der Waals surface area (Å²) in [7, 11) is 1.65. The maximum Gasteiger partial charge on any atom is 0.227 e. The number of rotatable bonds is 9. The van der Waals surface area contributed by atoms with Gasteiger partial charge in [0.15, 0.2) is 0 Å². The molecule has 0 unspecified atom stereocenters. The first-order chi connectivity index (χ1) is 16.2. The highest BCUT2D eigenvalue weighted by Crippen LogP contribution is 2.25. The molecule has 1 aliphatic heterocycles. The highest BCUT2D eigenvalue weighted by molar-refractivity contribution is 5.79. The lowest BCUT2D eigenvalue weighted by atomic mass is 10.0. The fourth-order valence-corrected chi connectivity index (χ4v) is 4.19. The van der Waals surface area contributed by atoms with Crippen molar-refractivity contribution in [1.29, 1.82) is 0 Å². The zero-order chi connectivity index (χ0) is 22.9. The van der Waals surface area contributed by atoms with Crippen molar-refractivity contribution in [3.8, 4) is 5.75 Å². The highest BCUT2D eigenvalue weighted by atomic mass is 16.5. The molecule has 4 rings (SSSR count). The Hall–Kier alpha value is -3.15. The monoisotopic (exact) mass is 444 g/mol. The number of benzene rings is 3. The maximum atomic E-state index is 12.7. The summed E-state index contributed by atoms with van der Waals surface area (Å²) >= 11 is 0. The molecule has 1 saturated heterocycles. The van der Waals surface area contributed by atoms with Crippen LogP contribution in [-0.2, 0) is 16.0 Å². The summed E-state index contributed by atoms with van der Waals surface area (Å²) in [6, 6.07) is 28.5. The summed E-state index contributed by atoms with van der Waals surface area (Å²) in [5.41, 5.74) is 3.35. The molecule has 5 heteroatoms. The molecule has 1 heterocycles. The topological polar surface area (TPSA) is 42.0 Å². The standard InChI is InChI=1S/C28H32N2O3/c1-32-26-14-12-23(13-15-26)22-27(31)30-18-16-29(17-19-30)20-21-33-28(24-8-4-2-5-9-24)25-10-6-3-7-11-25/h2-15,28H,16-22H2,1H3. The van der Waals surface area contributed by atoms with Gasteiger partial charge >= 0.3 is 0 Å². The van der Waals surface area contributed by atoms with Gasteiger partial charge in [0.2, 0.25) is 5.91 Å². The van der Waals surface area contributed by atoms with Gasteiger partial charge in [-0.15, -0.1) is 0 Å². The first-order valence-corrected chi connectivity index (χ1v) is 11.6.